The number of anilines is 1. The summed E-state index contributed by atoms with van der Waals surface area (Å²) >= 11 is 30.8. The van der Waals surface area contributed by atoms with Crippen molar-refractivity contribution in [1.82, 2.24) is 5.32 Å². The van der Waals surface area contributed by atoms with Crippen molar-refractivity contribution in [2.24, 2.45) is 5.92 Å². The van der Waals surface area contributed by atoms with Crippen LogP contribution in [-0.2, 0) is 4.79 Å². The van der Waals surface area contributed by atoms with Crippen molar-refractivity contribution in [3.05, 3.63) is 62.3 Å². The normalized spacial score (nSPS) is 19.6. The highest BCUT2D eigenvalue weighted by molar-refractivity contribution is 6.53. The summed E-state index contributed by atoms with van der Waals surface area (Å²) in [4.78, 5) is 25.0. The molecule has 0 radical (unpaired) electrons. The van der Waals surface area contributed by atoms with Gasteiger partial charge >= 0.3 is 0 Å². The Morgan fingerprint density at radius 1 is 1.10 bits per heavy atom. The quantitative estimate of drug-likeness (QED) is 0.492. The zero-order chi connectivity index (χ0) is 21.5. The molecule has 1 saturated carbocycles. The lowest BCUT2D eigenvalue weighted by Crippen LogP contribution is -2.24. The van der Waals surface area contributed by atoms with Crippen LogP contribution in [0.4, 0.5) is 10.1 Å². The number of hydrogen-bond acceptors (Lipinski definition) is 2. The molecule has 2 atom stereocenters. The van der Waals surface area contributed by atoms with Crippen LogP contribution in [0.2, 0.25) is 15.1 Å². The van der Waals surface area contributed by atoms with Crippen molar-refractivity contribution in [3.8, 4) is 0 Å². The third kappa shape index (κ3) is 4.30. The van der Waals surface area contributed by atoms with Crippen LogP contribution in [0.25, 0.3) is 0 Å². The zero-order valence-electron chi connectivity index (χ0n) is 14.8. The lowest BCUT2D eigenvalue weighted by Gasteiger charge is -2.12. The van der Waals surface area contributed by atoms with Gasteiger partial charge in [0.1, 0.15) is 10.2 Å². The fourth-order valence-corrected chi connectivity index (χ4v) is 4.70. The molecule has 0 spiro atoms. The zero-order valence-corrected chi connectivity index (χ0v) is 18.6. The summed E-state index contributed by atoms with van der Waals surface area (Å²) in [5, 5.41) is 5.29. The van der Waals surface area contributed by atoms with Crippen molar-refractivity contribution in [1.29, 1.82) is 0 Å². The first-order chi connectivity index (χ1) is 13.6. The van der Waals surface area contributed by atoms with Gasteiger partial charge in [-0.15, -0.1) is 23.2 Å². The van der Waals surface area contributed by atoms with Crippen molar-refractivity contribution < 1.29 is 14.0 Å². The Labute approximate surface area is 191 Å². The van der Waals surface area contributed by atoms with Gasteiger partial charge in [-0.3, -0.25) is 9.59 Å². The van der Waals surface area contributed by atoms with Gasteiger partial charge in [-0.2, -0.15) is 0 Å². The third-order valence-corrected chi connectivity index (χ3v) is 6.49. The number of rotatable bonds is 5. The molecule has 3 rings (SSSR count). The molecule has 0 aliphatic heterocycles. The van der Waals surface area contributed by atoms with E-state index in [1.165, 1.54) is 30.3 Å². The van der Waals surface area contributed by atoms with E-state index in [4.69, 9.17) is 58.0 Å². The Kier molecular flexibility index (Phi) is 6.56. The minimum atomic E-state index is -1.40. The van der Waals surface area contributed by atoms with Gasteiger partial charge < -0.3 is 10.6 Å². The molecule has 29 heavy (non-hydrogen) atoms. The Hall–Kier alpha value is -1.24. The average molecular weight is 499 g/mol. The molecule has 2 aromatic carbocycles. The fraction of sp³-hybridized carbons (Fsp3) is 0.263. The van der Waals surface area contributed by atoms with Crippen LogP contribution < -0.4 is 10.6 Å². The summed E-state index contributed by atoms with van der Waals surface area (Å²) in [6.45, 7) is 2.13. The Morgan fingerprint density at radius 2 is 1.79 bits per heavy atom. The van der Waals surface area contributed by atoms with Gasteiger partial charge in [0.05, 0.1) is 32.2 Å². The second-order valence-electron chi connectivity index (χ2n) is 6.44. The van der Waals surface area contributed by atoms with Crippen LogP contribution in [-0.4, -0.2) is 22.7 Å². The maximum absolute atomic E-state index is 13.4. The highest BCUT2D eigenvalue weighted by Gasteiger charge is 2.67. The largest absolute Gasteiger partial charge is 0.352 e. The number of amides is 2. The van der Waals surface area contributed by atoms with Crippen LogP contribution in [0.15, 0.2) is 30.3 Å². The predicted octanol–water partition coefficient (Wildman–Crippen LogP) is 6.06. The summed E-state index contributed by atoms with van der Waals surface area (Å²) in [6.07, 6.45) is 0. The Bertz CT molecular complexity index is 999. The molecule has 1 fully saturated rings. The molecule has 10 heteroatoms. The van der Waals surface area contributed by atoms with Gasteiger partial charge in [0.15, 0.2) is 0 Å². The van der Waals surface area contributed by atoms with Crippen LogP contribution in [0.3, 0.4) is 0 Å². The van der Waals surface area contributed by atoms with Crippen LogP contribution >= 0.6 is 58.0 Å². The average Bonchev–Trinajstić information content (AvgIpc) is 3.22. The fourth-order valence-electron chi connectivity index (χ4n) is 3.09. The minimum absolute atomic E-state index is 0.00595. The first-order valence-electron chi connectivity index (χ1n) is 8.49. The minimum Gasteiger partial charge on any atom is -0.352 e. The monoisotopic (exact) mass is 496 g/mol. The van der Waals surface area contributed by atoms with Gasteiger partial charge in [0.2, 0.25) is 5.91 Å². The first kappa shape index (κ1) is 22.4. The number of carbonyl (C=O) groups excluding carboxylic acids is 2. The molecule has 0 saturated heterocycles. The smallest absolute Gasteiger partial charge is 0.254 e. The van der Waals surface area contributed by atoms with E-state index in [9.17, 15) is 14.0 Å². The maximum atomic E-state index is 13.4. The SMILES string of the molecule is CCNC(=O)c1c(Cl)ccc(NC(=O)C2C(c3ccc(F)c(Cl)c3)C2(Cl)Cl)c1Cl. The molecule has 154 valence electrons. The lowest BCUT2D eigenvalue weighted by molar-refractivity contribution is -0.117. The maximum Gasteiger partial charge on any atom is 0.254 e. The molecule has 0 bridgehead atoms. The van der Waals surface area contributed by atoms with Crippen molar-refractivity contribution >= 4 is 75.5 Å². The van der Waals surface area contributed by atoms with Gasteiger partial charge in [-0.1, -0.05) is 40.9 Å². The number of hydrogen-bond donors (Lipinski definition) is 2. The second kappa shape index (κ2) is 8.48. The topological polar surface area (TPSA) is 58.2 Å². The lowest BCUT2D eigenvalue weighted by atomic mass is 10.1. The van der Waals surface area contributed by atoms with Gasteiger partial charge in [-0.25, -0.2) is 4.39 Å². The van der Waals surface area contributed by atoms with Crippen molar-refractivity contribution in [2.45, 2.75) is 17.2 Å². The van der Waals surface area contributed by atoms with E-state index < -0.39 is 33.8 Å². The number of carbonyl (C=O) groups is 2. The molecule has 2 unspecified atom stereocenters. The van der Waals surface area contributed by atoms with E-state index in [2.05, 4.69) is 10.6 Å². The molecule has 1 aliphatic carbocycles. The first-order valence-corrected chi connectivity index (χ1v) is 10.4. The van der Waals surface area contributed by atoms with E-state index in [1.807, 2.05) is 0 Å². The molecule has 0 heterocycles. The van der Waals surface area contributed by atoms with E-state index in [1.54, 1.807) is 6.92 Å². The second-order valence-corrected chi connectivity index (χ2v) is 9.07. The number of benzene rings is 2. The summed E-state index contributed by atoms with van der Waals surface area (Å²) in [5.74, 6) is -2.97. The molecule has 4 nitrogen and oxygen atoms in total. The summed E-state index contributed by atoms with van der Waals surface area (Å²) in [5.41, 5.74) is 0.773. The van der Waals surface area contributed by atoms with Crippen molar-refractivity contribution in [2.75, 3.05) is 11.9 Å². The molecular formula is C19H14Cl5FN2O2. The van der Waals surface area contributed by atoms with Gasteiger partial charge in [0, 0.05) is 12.5 Å². The predicted molar refractivity (Wildman–Crippen MR) is 115 cm³/mol. The van der Waals surface area contributed by atoms with Crippen LogP contribution in [0, 0.1) is 11.7 Å². The number of nitrogens with one attached hydrogen (secondary N) is 2. The van der Waals surface area contributed by atoms with Crippen LogP contribution in [0.5, 0.6) is 0 Å². The molecular weight excluding hydrogens is 484 g/mol. The Balaban J connectivity index is 1.84. The summed E-state index contributed by atoms with van der Waals surface area (Å²) in [6, 6.07) is 6.97. The molecule has 2 aromatic rings. The Morgan fingerprint density at radius 3 is 2.41 bits per heavy atom. The summed E-state index contributed by atoms with van der Waals surface area (Å²) < 4.78 is 12.0. The molecule has 2 N–H and O–H groups in total. The van der Waals surface area contributed by atoms with E-state index in [0.717, 1.165) is 0 Å². The highest BCUT2D eigenvalue weighted by atomic mass is 35.5. The van der Waals surface area contributed by atoms with Gasteiger partial charge in [0.25, 0.3) is 5.91 Å². The molecule has 0 aromatic heterocycles. The van der Waals surface area contributed by atoms with Crippen LogP contribution in [0.1, 0.15) is 28.8 Å². The highest BCUT2D eigenvalue weighted by Crippen LogP contribution is 2.65. The third-order valence-electron chi connectivity index (χ3n) is 4.55. The van der Waals surface area contributed by atoms with Crippen molar-refractivity contribution in [3.63, 3.8) is 0 Å². The summed E-state index contributed by atoms with van der Waals surface area (Å²) in [7, 11) is 0. The standard InChI is InChI=1S/C19H14Cl5FN2O2/c1-2-26-17(28)13-9(20)4-6-12(16(13)22)27-18(29)15-14(19(15,23)24)8-3-5-11(25)10(21)7-8/h3-7,14-15H,2H2,1H3,(H,26,28)(H,27,29). The molecule has 1 aliphatic rings. The van der Waals surface area contributed by atoms with E-state index in [-0.39, 0.29) is 26.3 Å². The number of alkyl halides is 2. The van der Waals surface area contributed by atoms with E-state index in [0.29, 0.717) is 12.1 Å². The van der Waals surface area contributed by atoms with E-state index >= 15 is 0 Å². The number of halogens is 6. The molecule has 2 amide bonds. The van der Waals surface area contributed by atoms with Gasteiger partial charge in [-0.05, 0) is 36.8 Å².